The Labute approximate surface area is 120 Å². The van der Waals surface area contributed by atoms with Gasteiger partial charge in [0.2, 0.25) is 0 Å². The number of amides is 1. The fourth-order valence-corrected chi connectivity index (χ4v) is 1.56. The Hall–Kier alpha value is -1.08. The molecule has 0 atom stereocenters. The van der Waals surface area contributed by atoms with E-state index in [0.29, 0.717) is 15.7 Å². The zero-order valence-electron chi connectivity index (χ0n) is 9.42. The molecule has 8 heteroatoms. The zero-order valence-corrected chi connectivity index (χ0v) is 11.7. The lowest BCUT2D eigenvalue weighted by Crippen LogP contribution is -2.45. The van der Waals surface area contributed by atoms with Crippen LogP contribution in [0.25, 0.3) is 0 Å². The van der Waals surface area contributed by atoms with Crippen molar-refractivity contribution in [3.63, 3.8) is 0 Å². The van der Waals surface area contributed by atoms with Crippen LogP contribution in [0.2, 0.25) is 10.0 Å². The summed E-state index contributed by atoms with van der Waals surface area (Å²) in [5, 5.41) is 3.74. The summed E-state index contributed by atoms with van der Waals surface area (Å²) >= 11 is 16.8. The highest BCUT2D eigenvalue weighted by Gasteiger charge is 2.06. The molecule has 0 spiro atoms. The molecule has 0 heterocycles. The molecule has 1 aromatic carbocycles. The lowest BCUT2D eigenvalue weighted by Gasteiger charge is -2.12. The largest absolute Gasteiger partial charge is 0.375 e. The summed E-state index contributed by atoms with van der Waals surface area (Å²) < 4.78 is 4.63. The van der Waals surface area contributed by atoms with E-state index < -0.39 is 0 Å². The first-order valence-corrected chi connectivity index (χ1v) is 5.99. The summed E-state index contributed by atoms with van der Waals surface area (Å²) in [7, 11) is 1.42. The van der Waals surface area contributed by atoms with Gasteiger partial charge in [0.1, 0.15) is 6.61 Å². The lowest BCUT2D eigenvalue weighted by atomic mass is 10.3. The number of thiocarbonyl (C=S) groups is 1. The van der Waals surface area contributed by atoms with Gasteiger partial charge in [-0.1, -0.05) is 29.3 Å². The fourth-order valence-electron chi connectivity index (χ4n) is 1.05. The number of rotatable bonds is 3. The molecule has 0 fully saturated rings. The Morgan fingerprint density at radius 1 is 1.39 bits per heavy atom. The van der Waals surface area contributed by atoms with Crippen LogP contribution in [-0.2, 0) is 9.53 Å². The van der Waals surface area contributed by atoms with Crippen LogP contribution in [0, 0.1) is 0 Å². The predicted molar refractivity (Wildman–Crippen MR) is 75.8 cm³/mol. The maximum atomic E-state index is 11.1. The molecule has 1 aromatic rings. The van der Waals surface area contributed by atoms with Crippen molar-refractivity contribution in [2.45, 2.75) is 0 Å². The quantitative estimate of drug-likeness (QED) is 0.588. The first kappa shape index (κ1) is 15.0. The van der Waals surface area contributed by atoms with E-state index in [0.717, 1.165) is 0 Å². The Balaban J connectivity index is 2.50. The number of carbonyl (C=O) groups is 1. The normalized spacial score (nSPS) is 9.72. The van der Waals surface area contributed by atoms with Gasteiger partial charge in [0.25, 0.3) is 5.91 Å². The molecule has 0 unspecified atom stereocenters. The number of methoxy groups -OCH3 is 1. The van der Waals surface area contributed by atoms with E-state index in [-0.39, 0.29) is 17.6 Å². The SMILES string of the molecule is COCC(=O)NNC(=S)Nc1cccc(Cl)c1Cl. The van der Waals surface area contributed by atoms with E-state index in [1.807, 2.05) is 0 Å². The number of ether oxygens (including phenoxy) is 1. The number of benzene rings is 1. The molecular weight excluding hydrogens is 297 g/mol. The van der Waals surface area contributed by atoms with Crippen molar-refractivity contribution in [1.82, 2.24) is 10.9 Å². The number of nitrogens with one attached hydrogen (secondary N) is 3. The Kier molecular flexibility index (Phi) is 6.14. The van der Waals surface area contributed by atoms with Crippen molar-refractivity contribution in [2.24, 2.45) is 0 Å². The van der Waals surface area contributed by atoms with Crippen LogP contribution in [0.5, 0.6) is 0 Å². The number of hydrazine groups is 1. The minimum atomic E-state index is -0.348. The Morgan fingerprint density at radius 2 is 2.11 bits per heavy atom. The van der Waals surface area contributed by atoms with E-state index in [9.17, 15) is 4.79 Å². The molecule has 0 saturated heterocycles. The maximum Gasteiger partial charge on any atom is 0.264 e. The average molecular weight is 308 g/mol. The standard InChI is InChI=1S/C10H11Cl2N3O2S/c1-17-5-8(16)14-15-10(18)13-7-4-2-3-6(11)9(7)12/h2-4H,5H2,1H3,(H,14,16)(H2,13,15,18). The summed E-state index contributed by atoms with van der Waals surface area (Å²) in [5.74, 6) is -0.348. The Morgan fingerprint density at radius 3 is 2.78 bits per heavy atom. The van der Waals surface area contributed by atoms with Crippen LogP contribution in [0.3, 0.4) is 0 Å². The first-order valence-electron chi connectivity index (χ1n) is 4.83. The number of carbonyl (C=O) groups excluding carboxylic acids is 1. The van der Waals surface area contributed by atoms with Crippen LogP contribution in [-0.4, -0.2) is 24.7 Å². The van der Waals surface area contributed by atoms with Gasteiger partial charge in [0.05, 0.1) is 15.7 Å². The van der Waals surface area contributed by atoms with Gasteiger partial charge in [0.15, 0.2) is 5.11 Å². The molecule has 18 heavy (non-hydrogen) atoms. The van der Waals surface area contributed by atoms with Gasteiger partial charge in [0, 0.05) is 7.11 Å². The van der Waals surface area contributed by atoms with Crippen molar-refractivity contribution in [3.8, 4) is 0 Å². The summed E-state index contributed by atoms with van der Waals surface area (Å²) in [6.07, 6.45) is 0. The first-order chi connectivity index (χ1) is 8.54. The van der Waals surface area contributed by atoms with E-state index in [1.54, 1.807) is 18.2 Å². The summed E-state index contributed by atoms with van der Waals surface area (Å²) in [4.78, 5) is 11.1. The molecule has 0 saturated carbocycles. The van der Waals surface area contributed by atoms with Crippen LogP contribution >= 0.6 is 35.4 Å². The monoisotopic (exact) mass is 307 g/mol. The summed E-state index contributed by atoms with van der Waals surface area (Å²) in [6.45, 7) is -0.0620. The highest BCUT2D eigenvalue weighted by Crippen LogP contribution is 2.29. The molecule has 5 nitrogen and oxygen atoms in total. The summed E-state index contributed by atoms with van der Waals surface area (Å²) in [6, 6.07) is 5.09. The van der Waals surface area contributed by atoms with Gasteiger partial charge in [-0.3, -0.25) is 15.6 Å². The molecule has 0 bridgehead atoms. The minimum absolute atomic E-state index is 0.0620. The molecule has 0 aromatic heterocycles. The second-order valence-corrected chi connectivity index (χ2v) is 4.36. The molecule has 0 radical (unpaired) electrons. The minimum Gasteiger partial charge on any atom is -0.375 e. The van der Waals surface area contributed by atoms with Crippen molar-refractivity contribution >= 4 is 52.1 Å². The number of hydrogen-bond acceptors (Lipinski definition) is 3. The average Bonchev–Trinajstić information content (AvgIpc) is 2.33. The van der Waals surface area contributed by atoms with E-state index >= 15 is 0 Å². The van der Waals surface area contributed by atoms with Crippen LogP contribution in [0.1, 0.15) is 0 Å². The van der Waals surface area contributed by atoms with Gasteiger partial charge in [-0.25, -0.2) is 0 Å². The van der Waals surface area contributed by atoms with Crippen molar-refractivity contribution in [1.29, 1.82) is 0 Å². The third-order valence-corrected chi connectivity index (χ3v) is 2.81. The van der Waals surface area contributed by atoms with Crippen molar-refractivity contribution in [2.75, 3.05) is 19.0 Å². The van der Waals surface area contributed by atoms with Crippen molar-refractivity contribution < 1.29 is 9.53 Å². The highest BCUT2D eigenvalue weighted by molar-refractivity contribution is 7.80. The smallest absolute Gasteiger partial charge is 0.264 e. The second kappa shape index (κ2) is 7.38. The lowest BCUT2D eigenvalue weighted by molar-refractivity contribution is -0.125. The second-order valence-electron chi connectivity index (χ2n) is 3.16. The topological polar surface area (TPSA) is 62.4 Å². The van der Waals surface area contributed by atoms with Crippen LogP contribution in [0.15, 0.2) is 18.2 Å². The number of halogens is 2. The third kappa shape index (κ3) is 4.66. The molecule has 0 aliphatic heterocycles. The fraction of sp³-hybridized carbons (Fsp3) is 0.200. The molecule has 1 rings (SSSR count). The summed E-state index contributed by atoms with van der Waals surface area (Å²) in [5.41, 5.74) is 5.39. The zero-order chi connectivity index (χ0) is 13.5. The van der Waals surface area contributed by atoms with Crippen molar-refractivity contribution in [3.05, 3.63) is 28.2 Å². The molecule has 0 aliphatic carbocycles. The predicted octanol–water partition coefficient (Wildman–Crippen LogP) is 1.96. The molecule has 1 amide bonds. The highest BCUT2D eigenvalue weighted by atomic mass is 35.5. The Bertz CT molecular complexity index is 457. The van der Waals surface area contributed by atoms with Gasteiger partial charge < -0.3 is 10.1 Å². The van der Waals surface area contributed by atoms with E-state index in [4.69, 9.17) is 35.4 Å². The van der Waals surface area contributed by atoms with Gasteiger partial charge >= 0.3 is 0 Å². The van der Waals surface area contributed by atoms with Crippen LogP contribution < -0.4 is 16.2 Å². The molecule has 3 N–H and O–H groups in total. The number of anilines is 1. The van der Waals surface area contributed by atoms with Gasteiger partial charge in [-0.15, -0.1) is 0 Å². The molecule has 98 valence electrons. The third-order valence-electron chi connectivity index (χ3n) is 1.79. The molecular formula is C10H11Cl2N3O2S. The number of hydrogen-bond donors (Lipinski definition) is 3. The van der Waals surface area contributed by atoms with Crippen LogP contribution in [0.4, 0.5) is 5.69 Å². The van der Waals surface area contributed by atoms with Gasteiger partial charge in [-0.05, 0) is 24.4 Å². The van der Waals surface area contributed by atoms with E-state index in [2.05, 4.69) is 20.9 Å². The van der Waals surface area contributed by atoms with Gasteiger partial charge in [-0.2, -0.15) is 0 Å². The van der Waals surface area contributed by atoms with E-state index in [1.165, 1.54) is 7.11 Å². The maximum absolute atomic E-state index is 11.1. The molecule has 0 aliphatic rings.